The maximum absolute atomic E-state index is 9.19. The minimum absolute atomic E-state index is 0.0333. The van der Waals surface area contributed by atoms with Crippen LogP contribution in [0, 0.1) is 0 Å². The first kappa shape index (κ1) is 18.7. The summed E-state index contributed by atoms with van der Waals surface area (Å²) in [6.07, 6.45) is 0. The van der Waals surface area contributed by atoms with Crippen LogP contribution in [-0.2, 0) is 6.54 Å². The summed E-state index contributed by atoms with van der Waals surface area (Å²) in [6.45, 7) is 0.479. The molecule has 0 bridgehead atoms. The van der Waals surface area contributed by atoms with Crippen LogP contribution < -0.4 is 21.0 Å². The molecule has 140 valence electrons. The maximum atomic E-state index is 9.19. The lowest BCUT2D eigenvalue weighted by molar-refractivity contribution is 0.382. The van der Waals surface area contributed by atoms with Gasteiger partial charge in [-0.3, -0.25) is 5.21 Å². The molecule has 3 rings (SSSR count). The minimum Gasteiger partial charge on any atom is -0.378 e. The molecule has 0 aliphatic rings. The van der Waals surface area contributed by atoms with Gasteiger partial charge in [0.2, 0.25) is 11.9 Å². The molecule has 0 spiro atoms. The van der Waals surface area contributed by atoms with E-state index >= 15 is 0 Å². The zero-order valence-electron chi connectivity index (χ0n) is 14.9. The smallest absolute Gasteiger partial charge is 0.253 e. The largest absolute Gasteiger partial charge is 0.378 e. The van der Waals surface area contributed by atoms with Gasteiger partial charge >= 0.3 is 0 Å². The summed E-state index contributed by atoms with van der Waals surface area (Å²) in [5, 5.41) is 16.0. The summed E-state index contributed by atoms with van der Waals surface area (Å²) in [5.41, 5.74) is 4.83. The first-order chi connectivity index (χ1) is 13.0. The topological polar surface area (TPSA) is 98.2 Å². The van der Waals surface area contributed by atoms with Crippen molar-refractivity contribution in [1.29, 1.82) is 0 Å². The molecule has 0 atom stereocenters. The van der Waals surface area contributed by atoms with Gasteiger partial charge in [-0.15, -0.1) is 0 Å². The van der Waals surface area contributed by atoms with E-state index in [0.29, 0.717) is 23.5 Å². The molecule has 0 fully saturated rings. The highest BCUT2D eigenvalue weighted by atomic mass is 35.5. The summed E-state index contributed by atoms with van der Waals surface area (Å²) in [4.78, 5) is 14.5. The van der Waals surface area contributed by atoms with Crippen molar-refractivity contribution in [3.63, 3.8) is 0 Å². The predicted molar refractivity (Wildman–Crippen MR) is 108 cm³/mol. The lowest BCUT2D eigenvalue weighted by Gasteiger charge is -2.13. The normalized spacial score (nSPS) is 10.4. The number of halogens is 1. The molecule has 0 saturated heterocycles. The Morgan fingerprint density at radius 2 is 1.67 bits per heavy atom. The fourth-order valence-corrected chi connectivity index (χ4v) is 2.57. The monoisotopic (exact) mass is 385 g/mol. The van der Waals surface area contributed by atoms with Crippen molar-refractivity contribution >= 4 is 40.8 Å². The Bertz CT molecular complexity index is 902. The number of benzene rings is 2. The highest BCUT2D eigenvalue weighted by Gasteiger charge is 2.07. The molecule has 0 unspecified atom stereocenters. The Balaban J connectivity index is 1.74. The van der Waals surface area contributed by atoms with Crippen LogP contribution in [0.5, 0.6) is 0 Å². The molecule has 4 N–H and O–H groups in total. The van der Waals surface area contributed by atoms with E-state index in [4.69, 9.17) is 11.6 Å². The van der Waals surface area contributed by atoms with Gasteiger partial charge in [-0.05, 0) is 42.0 Å². The third-order valence-corrected chi connectivity index (χ3v) is 3.95. The van der Waals surface area contributed by atoms with Gasteiger partial charge in [0, 0.05) is 37.0 Å². The molecule has 0 aliphatic carbocycles. The molecule has 1 aromatic heterocycles. The van der Waals surface area contributed by atoms with Crippen LogP contribution in [0.3, 0.4) is 0 Å². The van der Waals surface area contributed by atoms with Gasteiger partial charge in [-0.25, -0.2) is 5.48 Å². The molecular formula is C18H20ClN7O. The maximum Gasteiger partial charge on any atom is 0.253 e. The molecule has 3 aromatic rings. The van der Waals surface area contributed by atoms with E-state index in [-0.39, 0.29) is 5.95 Å². The summed E-state index contributed by atoms with van der Waals surface area (Å²) in [5.74, 6) is 0.646. The molecule has 0 saturated carbocycles. The average Bonchev–Trinajstić information content (AvgIpc) is 2.66. The van der Waals surface area contributed by atoms with Gasteiger partial charge < -0.3 is 15.5 Å². The Morgan fingerprint density at radius 1 is 0.963 bits per heavy atom. The Kier molecular flexibility index (Phi) is 5.90. The summed E-state index contributed by atoms with van der Waals surface area (Å²) in [6, 6.07) is 15.3. The minimum atomic E-state index is 0.0333. The highest BCUT2D eigenvalue weighted by molar-refractivity contribution is 6.30. The van der Waals surface area contributed by atoms with E-state index in [1.54, 1.807) is 0 Å². The van der Waals surface area contributed by atoms with Gasteiger partial charge in [0.1, 0.15) is 0 Å². The number of nitrogens with one attached hydrogen (secondary N) is 3. The Morgan fingerprint density at radius 3 is 2.33 bits per heavy atom. The molecular weight excluding hydrogens is 366 g/mol. The first-order valence-corrected chi connectivity index (χ1v) is 8.60. The van der Waals surface area contributed by atoms with Crippen molar-refractivity contribution in [2.45, 2.75) is 6.54 Å². The summed E-state index contributed by atoms with van der Waals surface area (Å²) >= 11 is 6.00. The van der Waals surface area contributed by atoms with Crippen molar-refractivity contribution in [2.24, 2.45) is 0 Å². The van der Waals surface area contributed by atoms with Gasteiger partial charge in [-0.2, -0.15) is 15.0 Å². The van der Waals surface area contributed by atoms with E-state index in [1.807, 2.05) is 73.0 Å². The second kappa shape index (κ2) is 8.52. The van der Waals surface area contributed by atoms with Crippen LogP contribution in [0.1, 0.15) is 5.56 Å². The van der Waals surface area contributed by atoms with Gasteiger partial charge in [0.05, 0.1) is 0 Å². The van der Waals surface area contributed by atoms with Gasteiger partial charge in [0.25, 0.3) is 5.95 Å². The molecule has 0 radical (unpaired) electrons. The number of nitrogens with zero attached hydrogens (tertiary/aromatic N) is 4. The van der Waals surface area contributed by atoms with E-state index in [1.165, 1.54) is 0 Å². The van der Waals surface area contributed by atoms with E-state index in [9.17, 15) is 5.21 Å². The number of aromatic nitrogens is 3. The number of rotatable bonds is 7. The van der Waals surface area contributed by atoms with Crippen molar-refractivity contribution in [3.8, 4) is 0 Å². The lowest BCUT2D eigenvalue weighted by Crippen LogP contribution is -2.10. The lowest BCUT2D eigenvalue weighted by atomic mass is 10.2. The first-order valence-electron chi connectivity index (χ1n) is 8.22. The van der Waals surface area contributed by atoms with E-state index < -0.39 is 0 Å². The fraction of sp³-hybridized carbons (Fsp3) is 0.167. The molecule has 1 heterocycles. The quantitative estimate of drug-likeness (QED) is 0.456. The van der Waals surface area contributed by atoms with Crippen LogP contribution in [0.15, 0.2) is 48.5 Å². The highest BCUT2D eigenvalue weighted by Crippen LogP contribution is 2.20. The number of anilines is 5. The Labute approximate surface area is 162 Å². The standard InChI is InChI=1S/C18H20ClN7O/c1-26(2)15-8-6-14(7-9-15)21-17-22-16(23-18(24-17)25-27)20-11-12-4-3-5-13(19)10-12/h3-10,27H,11H2,1-2H3,(H3,20,21,22,23,24,25). The molecule has 0 amide bonds. The van der Waals surface area contributed by atoms with Crippen LogP contribution >= 0.6 is 11.6 Å². The number of hydrogen-bond acceptors (Lipinski definition) is 8. The summed E-state index contributed by atoms with van der Waals surface area (Å²) < 4.78 is 0. The van der Waals surface area contributed by atoms with Crippen molar-refractivity contribution < 1.29 is 5.21 Å². The van der Waals surface area contributed by atoms with Crippen LogP contribution in [0.25, 0.3) is 0 Å². The molecule has 8 nitrogen and oxygen atoms in total. The predicted octanol–water partition coefficient (Wildman–Crippen LogP) is 3.75. The molecule has 0 aliphatic heterocycles. The second-order valence-corrected chi connectivity index (χ2v) is 6.40. The third kappa shape index (κ3) is 5.19. The van der Waals surface area contributed by atoms with Crippen molar-refractivity contribution in [2.75, 3.05) is 35.1 Å². The van der Waals surface area contributed by atoms with E-state index in [2.05, 4.69) is 25.6 Å². The molecule has 9 heteroatoms. The van der Waals surface area contributed by atoms with E-state index in [0.717, 1.165) is 16.9 Å². The molecule has 27 heavy (non-hydrogen) atoms. The average molecular weight is 386 g/mol. The zero-order valence-corrected chi connectivity index (χ0v) is 15.7. The number of hydrogen-bond donors (Lipinski definition) is 4. The van der Waals surface area contributed by atoms with Crippen LogP contribution in [0.2, 0.25) is 5.02 Å². The molecule has 2 aromatic carbocycles. The van der Waals surface area contributed by atoms with Crippen LogP contribution in [-0.4, -0.2) is 34.3 Å². The second-order valence-electron chi connectivity index (χ2n) is 5.97. The van der Waals surface area contributed by atoms with Crippen LogP contribution in [0.4, 0.5) is 29.2 Å². The third-order valence-electron chi connectivity index (χ3n) is 3.71. The zero-order chi connectivity index (χ0) is 19.2. The SMILES string of the molecule is CN(C)c1ccc(Nc2nc(NO)nc(NCc3cccc(Cl)c3)n2)cc1. The van der Waals surface area contributed by atoms with Crippen molar-refractivity contribution in [1.82, 2.24) is 15.0 Å². The van der Waals surface area contributed by atoms with Crippen molar-refractivity contribution in [3.05, 3.63) is 59.1 Å². The Hall–Kier alpha value is -3.10. The fourth-order valence-electron chi connectivity index (χ4n) is 2.36. The van der Waals surface area contributed by atoms with Gasteiger partial charge in [0.15, 0.2) is 0 Å². The summed E-state index contributed by atoms with van der Waals surface area (Å²) in [7, 11) is 3.96. The van der Waals surface area contributed by atoms with Gasteiger partial charge in [-0.1, -0.05) is 23.7 Å².